The molecule has 130 valence electrons. The van der Waals surface area contributed by atoms with Crippen molar-refractivity contribution in [2.75, 3.05) is 0 Å². The van der Waals surface area contributed by atoms with Gasteiger partial charge in [0.25, 0.3) is 0 Å². The van der Waals surface area contributed by atoms with E-state index in [2.05, 4.69) is 27.0 Å². The molecule has 4 aromatic rings. The molecule has 0 aliphatic rings. The van der Waals surface area contributed by atoms with Crippen LogP contribution in [-0.2, 0) is 0 Å². The Labute approximate surface area is 167 Å². The molecule has 2 aromatic heterocycles. The first kappa shape index (κ1) is 17.4. The quantitative estimate of drug-likeness (QED) is 0.304. The van der Waals surface area contributed by atoms with E-state index in [-0.39, 0.29) is 0 Å². The summed E-state index contributed by atoms with van der Waals surface area (Å²) in [6.07, 6.45) is 1.78. The molecular weight excluding hydrogens is 424 g/mol. The van der Waals surface area contributed by atoms with Gasteiger partial charge in [0, 0.05) is 15.2 Å². The number of fused-ring (bicyclic) bond motifs is 1. The molecule has 0 bridgehead atoms. The lowest BCUT2D eigenvalue weighted by Gasteiger charge is -2.00. The standard InChI is InChI=1S/C21H11BrN2O2S/c22-16-6-7-19-14(9-16)10-17(21(25)26-19)18-12-27-20(24-18)15(11-23)8-13-4-2-1-3-5-13/h1-10,12H. The summed E-state index contributed by atoms with van der Waals surface area (Å²) in [5.41, 5.74) is 2.31. The summed E-state index contributed by atoms with van der Waals surface area (Å²) in [6, 6.07) is 19.0. The van der Waals surface area contributed by atoms with Crippen LogP contribution in [0.2, 0.25) is 0 Å². The van der Waals surface area contributed by atoms with E-state index in [1.165, 1.54) is 11.3 Å². The van der Waals surface area contributed by atoms with Crippen LogP contribution in [-0.4, -0.2) is 4.98 Å². The maximum Gasteiger partial charge on any atom is 0.345 e. The van der Waals surface area contributed by atoms with Crippen LogP contribution in [0.4, 0.5) is 0 Å². The number of hydrogen-bond acceptors (Lipinski definition) is 5. The highest BCUT2D eigenvalue weighted by atomic mass is 79.9. The molecule has 6 heteroatoms. The van der Waals surface area contributed by atoms with Crippen molar-refractivity contribution in [3.05, 3.63) is 85.4 Å². The SMILES string of the molecule is N#CC(=Cc1ccccc1)c1nc(-c2cc3cc(Br)ccc3oc2=O)cs1. The monoisotopic (exact) mass is 434 g/mol. The number of nitriles is 1. The largest absolute Gasteiger partial charge is 0.422 e. The number of halogens is 1. The van der Waals surface area contributed by atoms with E-state index in [9.17, 15) is 10.1 Å². The fraction of sp³-hybridized carbons (Fsp3) is 0. The number of benzene rings is 2. The van der Waals surface area contributed by atoms with Crippen molar-refractivity contribution in [1.29, 1.82) is 5.26 Å². The lowest BCUT2D eigenvalue weighted by atomic mass is 10.1. The summed E-state index contributed by atoms with van der Waals surface area (Å²) in [6.45, 7) is 0. The molecule has 2 aromatic carbocycles. The van der Waals surface area contributed by atoms with Crippen LogP contribution in [0.3, 0.4) is 0 Å². The zero-order valence-corrected chi connectivity index (χ0v) is 16.3. The van der Waals surface area contributed by atoms with E-state index < -0.39 is 5.63 Å². The van der Waals surface area contributed by atoms with Crippen molar-refractivity contribution in [2.24, 2.45) is 0 Å². The normalized spacial score (nSPS) is 11.5. The second kappa shape index (κ2) is 7.31. The molecule has 0 radical (unpaired) electrons. The fourth-order valence-electron chi connectivity index (χ4n) is 2.65. The van der Waals surface area contributed by atoms with Gasteiger partial charge in [-0.2, -0.15) is 5.26 Å². The van der Waals surface area contributed by atoms with E-state index in [1.807, 2.05) is 42.5 Å². The first-order valence-corrected chi connectivity index (χ1v) is 9.68. The van der Waals surface area contributed by atoms with Crippen molar-refractivity contribution < 1.29 is 4.42 Å². The van der Waals surface area contributed by atoms with Gasteiger partial charge in [0.05, 0.1) is 16.8 Å². The van der Waals surface area contributed by atoms with Gasteiger partial charge in [-0.25, -0.2) is 9.78 Å². The summed E-state index contributed by atoms with van der Waals surface area (Å²) in [5, 5.41) is 12.6. The highest BCUT2D eigenvalue weighted by Crippen LogP contribution is 2.28. The molecule has 0 saturated heterocycles. The maximum absolute atomic E-state index is 12.4. The summed E-state index contributed by atoms with van der Waals surface area (Å²) in [7, 11) is 0. The third kappa shape index (κ3) is 3.61. The number of rotatable bonds is 3. The van der Waals surface area contributed by atoms with Crippen molar-refractivity contribution in [2.45, 2.75) is 0 Å². The van der Waals surface area contributed by atoms with Crippen LogP contribution in [0.15, 0.2) is 73.7 Å². The second-order valence-corrected chi connectivity index (χ2v) is 7.52. The van der Waals surface area contributed by atoms with Gasteiger partial charge in [0.1, 0.15) is 16.7 Å². The summed E-state index contributed by atoms with van der Waals surface area (Å²) >= 11 is 4.74. The Morgan fingerprint density at radius 2 is 2.00 bits per heavy atom. The predicted octanol–water partition coefficient (Wildman–Crippen LogP) is 5.74. The molecule has 0 aliphatic carbocycles. The van der Waals surface area contributed by atoms with E-state index in [0.717, 1.165) is 15.4 Å². The first-order chi connectivity index (χ1) is 13.1. The van der Waals surface area contributed by atoms with Gasteiger partial charge in [-0.15, -0.1) is 11.3 Å². The molecule has 0 spiro atoms. The maximum atomic E-state index is 12.4. The van der Waals surface area contributed by atoms with E-state index >= 15 is 0 Å². The van der Waals surface area contributed by atoms with E-state index in [0.29, 0.717) is 27.4 Å². The van der Waals surface area contributed by atoms with Gasteiger partial charge in [0.2, 0.25) is 0 Å². The molecule has 0 unspecified atom stereocenters. The molecule has 0 N–H and O–H groups in total. The van der Waals surface area contributed by atoms with Crippen LogP contribution >= 0.6 is 27.3 Å². The molecule has 4 rings (SSSR count). The van der Waals surface area contributed by atoms with Crippen LogP contribution < -0.4 is 5.63 Å². The summed E-state index contributed by atoms with van der Waals surface area (Å²) in [4.78, 5) is 16.9. The Hall–Kier alpha value is -3.01. The summed E-state index contributed by atoms with van der Waals surface area (Å²) < 4.78 is 6.30. The summed E-state index contributed by atoms with van der Waals surface area (Å²) in [5.74, 6) is 0. The molecule has 0 saturated carbocycles. The molecule has 27 heavy (non-hydrogen) atoms. The van der Waals surface area contributed by atoms with Gasteiger partial charge in [0.15, 0.2) is 0 Å². The number of nitrogens with zero attached hydrogens (tertiary/aromatic N) is 2. The minimum Gasteiger partial charge on any atom is -0.422 e. The lowest BCUT2D eigenvalue weighted by Crippen LogP contribution is -2.02. The van der Waals surface area contributed by atoms with E-state index in [4.69, 9.17) is 4.42 Å². The number of aromatic nitrogens is 1. The molecule has 4 nitrogen and oxygen atoms in total. The highest BCUT2D eigenvalue weighted by Gasteiger charge is 2.14. The van der Waals surface area contributed by atoms with Crippen LogP contribution in [0.5, 0.6) is 0 Å². The third-order valence-corrected chi connectivity index (χ3v) is 5.30. The Bertz CT molecular complexity index is 1270. The minimum absolute atomic E-state index is 0.375. The molecule has 0 fully saturated rings. The Morgan fingerprint density at radius 1 is 1.19 bits per heavy atom. The van der Waals surface area contributed by atoms with Crippen LogP contribution in [0, 0.1) is 11.3 Å². The number of allylic oxidation sites excluding steroid dienone is 1. The van der Waals surface area contributed by atoms with Crippen molar-refractivity contribution >= 4 is 49.9 Å². The molecule has 0 aliphatic heterocycles. The fourth-order valence-corrected chi connectivity index (χ4v) is 3.82. The Kier molecular flexibility index (Phi) is 4.71. The lowest BCUT2D eigenvalue weighted by molar-refractivity contribution is 0.563. The molecule has 0 amide bonds. The Balaban J connectivity index is 1.77. The molecular formula is C21H11BrN2O2S. The Morgan fingerprint density at radius 3 is 2.78 bits per heavy atom. The van der Waals surface area contributed by atoms with Crippen LogP contribution in [0.1, 0.15) is 10.6 Å². The van der Waals surface area contributed by atoms with Crippen LogP contribution in [0.25, 0.3) is 33.9 Å². The zero-order chi connectivity index (χ0) is 18.8. The van der Waals surface area contributed by atoms with Gasteiger partial charge >= 0.3 is 5.63 Å². The number of thiazole rings is 1. The van der Waals surface area contributed by atoms with Crippen molar-refractivity contribution in [3.8, 4) is 17.3 Å². The van der Waals surface area contributed by atoms with Gasteiger partial charge in [-0.1, -0.05) is 46.3 Å². The first-order valence-electron chi connectivity index (χ1n) is 8.00. The number of hydrogen-bond donors (Lipinski definition) is 0. The van der Waals surface area contributed by atoms with Crippen molar-refractivity contribution in [3.63, 3.8) is 0 Å². The topological polar surface area (TPSA) is 66.9 Å². The molecule has 2 heterocycles. The highest BCUT2D eigenvalue weighted by molar-refractivity contribution is 9.10. The smallest absolute Gasteiger partial charge is 0.345 e. The van der Waals surface area contributed by atoms with Gasteiger partial charge in [-0.3, -0.25) is 0 Å². The van der Waals surface area contributed by atoms with Gasteiger partial charge in [-0.05, 0) is 35.9 Å². The third-order valence-electron chi connectivity index (χ3n) is 3.94. The second-order valence-electron chi connectivity index (χ2n) is 5.75. The average Bonchev–Trinajstić information content (AvgIpc) is 3.16. The zero-order valence-electron chi connectivity index (χ0n) is 13.8. The van der Waals surface area contributed by atoms with Crippen molar-refractivity contribution in [1.82, 2.24) is 4.98 Å². The van der Waals surface area contributed by atoms with Gasteiger partial charge < -0.3 is 4.42 Å². The minimum atomic E-state index is -0.452. The van der Waals surface area contributed by atoms with E-state index in [1.54, 1.807) is 23.6 Å². The average molecular weight is 435 g/mol. The predicted molar refractivity (Wildman–Crippen MR) is 111 cm³/mol. The molecule has 0 atom stereocenters.